The molecule has 154 valence electrons. The van der Waals surface area contributed by atoms with E-state index < -0.39 is 0 Å². The predicted octanol–water partition coefficient (Wildman–Crippen LogP) is 1.05. The van der Waals surface area contributed by atoms with Crippen molar-refractivity contribution in [3.05, 3.63) is 40.3 Å². The lowest BCUT2D eigenvalue weighted by molar-refractivity contribution is -0.116. The number of aryl methyl sites for hydroxylation is 1. The minimum Gasteiger partial charge on any atom is -0.486 e. The minimum atomic E-state index is -0.315. The number of aromatic nitrogens is 2. The van der Waals surface area contributed by atoms with Gasteiger partial charge in [0.25, 0.3) is 5.56 Å². The molecule has 9 nitrogen and oxygen atoms in total. The van der Waals surface area contributed by atoms with Crippen molar-refractivity contribution < 1.29 is 19.0 Å². The summed E-state index contributed by atoms with van der Waals surface area (Å²) in [4.78, 5) is 32.0. The molecule has 0 atom stereocenters. The van der Waals surface area contributed by atoms with Gasteiger partial charge < -0.3 is 24.4 Å². The summed E-state index contributed by atoms with van der Waals surface area (Å²) in [6.07, 6.45) is 0.650. The van der Waals surface area contributed by atoms with Crippen LogP contribution in [0.4, 0.5) is 11.6 Å². The van der Waals surface area contributed by atoms with Crippen molar-refractivity contribution in [1.29, 1.82) is 0 Å². The Morgan fingerprint density at radius 3 is 2.62 bits per heavy atom. The maximum atomic E-state index is 12.7. The SMILES string of the molecule is CCc1cc(=O)n(CC(=O)Nc2ccc3c(c2)OCCO3)c(N2CCOCC2)n1. The van der Waals surface area contributed by atoms with Gasteiger partial charge in [0.15, 0.2) is 11.5 Å². The van der Waals surface area contributed by atoms with Crippen LogP contribution in [-0.4, -0.2) is 55.0 Å². The van der Waals surface area contributed by atoms with Gasteiger partial charge in [-0.2, -0.15) is 0 Å². The number of carbonyl (C=O) groups excluding carboxylic acids is 1. The molecule has 1 aromatic heterocycles. The lowest BCUT2D eigenvalue weighted by Gasteiger charge is -2.29. The fourth-order valence-electron chi connectivity index (χ4n) is 3.34. The second-order valence-electron chi connectivity index (χ2n) is 6.83. The Bertz CT molecular complexity index is 952. The third kappa shape index (κ3) is 4.34. The van der Waals surface area contributed by atoms with Gasteiger partial charge in [0.05, 0.1) is 13.2 Å². The van der Waals surface area contributed by atoms with Crippen LogP contribution in [0.2, 0.25) is 0 Å². The normalized spacial score (nSPS) is 15.8. The topological polar surface area (TPSA) is 94.9 Å². The van der Waals surface area contributed by atoms with Crippen LogP contribution in [0.5, 0.6) is 11.5 Å². The number of nitrogens with zero attached hydrogens (tertiary/aromatic N) is 3. The molecular formula is C20H24N4O5. The highest BCUT2D eigenvalue weighted by atomic mass is 16.6. The van der Waals surface area contributed by atoms with Gasteiger partial charge in [0.1, 0.15) is 19.8 Å². The van der Waals surface area contributed by atoms with Crippen LogP contribution in [0.25, 0.3) is 0 Å². The van der Waals surface area contributed by atoms with Gasteiger partial charge in [-0.1, -0.05) is 6.92 Å². The van der Waals surface area contributed by atoms with Gasteiger partial charge in [0.2, 0.25) is 11.9 Å². The first-order chi connectivity index (χ1) is 14.1. The fourth-order valence-corrected chi connectivity index (χ4v) is 3.34. The Morgan fingerprint density at radius 2 is 1.86 bits per heavy atom. The molecule has 2 aliphatic rings. The second kappa shape index (κ2) is 8.52. The van der Waals surface area contributed by atoms with E-state index >= 15 is 0 Å². The summed E-state index contributed by atoms with van der Waals surface area (Å²) >= 11 is 0. The molecule has 3 heterocycles. The van der Waals surface area contributed by atoms with E-state index in [9.17, 15) is 9.59 Å². The Morgan fingerprint density at radius 1 is 1.10 bits per heavy atom. The van der Waals surface area contributed by atoms with Crippen molar-refractivity contribution in [2.45, 2.75) is 19.9 Å². The van der Waals surface area contributed by atoms with Crippen LogP contribution in [0.15, 0.2) is 29.1 Å². The largest absolute Gasteiger partial charge is 0.486 e. The third-order valence-corrected chi connectivity index (χ3v) is 4.82. The number of nitrogens with one attached hydrogen (secondary N) is 1. The summed E-state index contributed by atoms with van der Waals surface area (Å²) in [7, 11) is 0. The minimum absolute atomic E-state index is 0.128. The van der Waals surface area contributed by atoms with Crippen LogP contribution in [0.3, 0.4) is 0 Å². The first kappa shape index (κ1) is 19.3. The zero-order chi connectivity index (χ0) is 20.2. The molecule has 1 amide bonds. The molecule has 29 heavy (non-hydrogen) atoms. The van der Waals surface area contributed by atoms with Crippen molar-refractivity contribution in [2.24, 2.45) is 0 Å². The van der Waals surface area contributed by atoms with Crippen molar-refractivity contribution in [1.82, 2.24) is 9.55 Å². The zero-order valence-corrected chi connectivity index (χ0v) is 16.3. The van der Waals surface area contributed by atoms with Gasteiger partial charge in [-0.25, -0.2) is 4.98 Å². The molecule has 0 spiro atoms. The van der Waals surface area contributed by atoms with Gasteiger partial charge >= 0.3 is 0 Å². The molecule has 2 aliphatic heterocycles. The van der Waals surface area contributed by atoms with E-state index in [0.29, 0.717) is 74.8 Å². The maximum Gasteiger partial charge on any atom is 0.255 e. The highest BCUT2D eigenvalue weighted by molar-refractivity contribution is 5.91. The van der Waals surface area contributed by atoms with E-state index in [2.05, 4.69) is 10.3 Å². The third-order valence-electron chi connectivity index (χ3n) is 4.82. The molecular weight excluding hydrogens is 376 g/mol. The molecule has 0 radical (unpaired) electrons. The predicted molar refractivity (Wildman–Crippen MR) is 107 cm³/mol. The van der Waals surface area contributed by atoms with Crippen LogP contribution in [0.1, 0.15) is 12.6 Å². The van der Waals surface area contributed by atoms with Gasteiger partial charge in [-0.3, -0.25) is 14.2 Å². The van der Waals surface area contributed by atoms with Crippen molar-refractivity contribution >= 4 is 17.5 Å². The van der Waals surface area contributed by atoms with E-state index in [-0.39, 0.29) is 18.0 Å². The molecule has 2 aromatic rings. The van der Waals surface area contributed by atoms with Crippen molar-refractivity contribution in [3.63, 3.8) is 0 Å². The summed E-state index contributed by atoms with van der Waals surface area (Å²) in [5, 5.41) is 2.82. The monoisotopic (exact) mass is 400 g/mol. The number of morpholine rings is 1. The highest BCUT2D eigenvalue weighted by Crippen LogP contribution is 2.32. The van der Waals surface area contributed by atoms with Crippen molar-refractivity contribution in [3.8, 4) is 11.5 Å². The van der Waals surface area contributed by atoms with E-state index in [0.717, 1.165) is 0 Å². The standard InChI is InChI=1S/C20H24N4O5/c1-2-14-12-19(26)24(20(22-14)23-5-7-27-8-6-23)13-18(25)21-15-3-4-16-17(11-15)29-10-9-28-16/h3-4,11-12H,2,5-10,13H2,1H3,(H,21,25). The Hall–Kier alpha value is -3.07. The molecule has 1 saturated heterocycles. The molecule has 0 bridgehead atoms. The number of anilines is 2. The lowest BCUT2D eigenvalue weighted by atomic mass is 10.2. The van der Waals surface area contributed by atoms with E-state index in [1.54, 1.807) is 18.2 Å². The number of amides is 1. The molecule has 4 rings (SSSR count). The Balaban J connectivity index is 1.55. The number of hydrogen-bond donors (Lipinski definition) is 1. The average Bonchev–Trinajstić information content (AvgIpc) is 2.75. The fraction of sp³-hybridized carbons (Fsp3) is 0.450. The van der Waals surface area contributed by atoms with Crippen LogP contribution in [-0.2, 0) is 22.5 Å². The number of fused-ring (bicyclic) bond motifs is 1. The summed E-state index contributed by atoms with van der Waals surface area (Å²) in [6.45, 7) is 5.18. The quantitative estimate of drug-likeness (QED) is 0.802. The summed E-state index contributed by atoms with van der Waals surface area (Å²) < 4.78 is 17.8. The van der Waals surface area contributed by atoms with Crippen molar-refractivity contribution in [2.75, 3.05) is 49.7 Å². The lowest BCUT2D eigenvalue weighted by Crippen LogP contribution is -2.42. The maximum absolute atomic E-state index is 12.7. The molecule has 1 fully saturated rings. The molecule has 1 N–H and O–H groups in total. The summed E-state index contributed by atoms with van der Waals surface area (Å²) in [5.41, 5.74) is 1.05. The molecule has 1 aromatic carbocycles. The first-order valence-electron chi connectivity index (χ1n) is 9.77. The van der Waals surface area contributed by atoms with Gasteiger partial charge in [-0.05, 0) is 18.6 Å². The summed E-state index contributed by atoms with van der Waals surface area (Å²) in [5.74, 6) is 1.44. The number of benzene rings is 1. The van der Waals surface area contributed by atoms with Crippen LogP contribution >= 0.6 is 0 Å². The number of rotatable bonds is 5. The zero-order valence-electron chi connectivity index (χ0n) is 16.3. The number of ether oxygens (including phenoxy) is 3. The van der Waals surface area contributed by atoms with E-state index in [4.69, 9.17) is 14.2 Å². The Labute approximate surface area is 168 Å². The van der Waals surface area contributed by atoms with E-state index in [1.807, 2.05) is 11.8 Å². The van der Waals surface area contributed by atoms with Gasteiger partial charge in [-0.15, -0.1) is 0 Å². The average molecular weight is 400 g/mol. The first-order valence-corrected chi connectivity index (χ1v) is 9.77. The van der Waals surface area contributed by atoms with Crippen LogP contribution < -0.4 is 25.2 Å². The molecule has 0 saturated carbocycles. The smallest absolute Gasteiger partial charge is 0.255 e. The highest BCUT2D eigenvalue weighted by Gasteiger charge is 2.20. The molecule has 0 unspecified atom stereocenters. The Kier molecular flexibility index (Phi) is 5.66. The number of carbonyl (C=O) groups is 1. The molecule has 0 aliphatic carbocycles. The second-order valence-corrected chi connectivity index (χ2v) is 6.83. The summed E-state index contributed by atoms with van der Waals surface area (Å²) in [6, 6.07) is 6.71. The van der Waals surface area contributed by atoms with Gasteiger partial charge in [0, 0.05) is 36.6 Å². The van der Waals surface area contributed by atoms with E-state index in [1.165, 1.54) is 10.6 Å². The van der Waals surface area contributed by atoms with Crippen LogP contribution in [0, 0.1) is 0 Å². The number of hydrogen-bond acceptors (Lipinski definition) is 7. The molecule has 9 heteroatoms.